The van der Waals surface area contributed by atoms with Crippen molar-refractivity contribution in [3.05, 3.63) is 0 Å². The SMILES string of the molecule is CC(C)(C)OC(=O)NC1CCCC1NC1CCS(=O)(=O)C1. The van der Waals surface area contributed by atoms with Gasteiger partial charge in [-0.2, -0.15) is 0 Å². The van der Waals surface area contributed by atoms with Crippen LogP contribution in [-0.2, 0) is 14.6 Å². The minimum Gasteiger partial charge on any atom is -0.444 e. The molecule has 2 rings (SSSR count). The highest BCUT2D eigenvalue weighted by atomic mass is 32.2. The first-order valence-electron chi connectivity index (χ1n) is 7.61. The summed E-state index contributed by atoms with van der Waals surface area (Å²) >= 11 is 0. The lowest BCUT2D eigenvalue weighted by Crippen LogP contribution is -2.51. The highest BCUT2D eigenvalue weighted by Crippen LogP contribution is 2.22. The smallest absolute Gasteiger partial charge is 0.407 e. The van der Waals surface area contributed by atoms with Crippen molar-refractivity contribution in [3.8, 4) is 0 Å². The van der Waals surface area contributed by atoms with Crippen LogP contribution in [0.1, 0.15) is 46.5 Å². The molecule has 0 radical (unpaired) electrons. The van der Waals surface area contributed by atoms with Gasteiger partial charge in [-0.25, -0.2) is 13.2 Å². The van der Waals surface area contributed by atoms with E-state index in [0.717, 1.165) is 19.3 Å². The van der Waals surface area contributed by atoms with E-state index in [4.69, 9.17) is 4.74 Å². The van der Waals surface area contributed by atoms with Crippen LogP contribution in [0.25, 0.3) is 0 Å². The van der Waals surface area contributed by atoms with E-state index < -0.39 is 21.5 Å². The lowest BCUT2D eigenvalue weighted by molar-refractivity contribution is 0.0497. The van der Waals surface area contributed by atoms with E-state index in [2.05, 4.69) is 10.6 Å². The van der Waals surface area contributed by atoms with Gasteiger partial charge in [-0.3, -0.25) is 0 Å². The maximum absolute atomic E-state index is 11.8. The molecule has 1 aliphatic carbocycles. The van der Waals surface area contributed by atoms with Crippen molar-refractivity contribution in [3.63, 3.8) is 0 Å². The molecule has 1 amide bonds. The first-order valence-corrected chi connectivity index (χ1v) is 9.43. The van der Waals surface area contributed by atoms with Gasteiger partial charge in [0, 0.05) is 18.1 Å². The van der Waals surface area contributed by atoms with E-state index in [1.807, 2.05) is 20.8 Å². The summed E-state index contributed by atoms with van der Waals surface area (Å²) < 4.78 is 28.3. The Morgan fingerprint density at radius 3 is 2.38 bits per heavy atom. The van der Waals surface area contributed by atoms with Crippen LogP contribution in [0, 0.1) is 0 Å². The lowest BCUT2D eigenvalue weighted by Gasteiger charge is -2.27. The van der Waals surface area contributed by atoms with Crippen LogP contribution in [-0.4, -0.2) is 49.7 Å². The summed E-state index contributed by atoms with van der Waals surface area (Å²) in [7, 11) is -2.88. The number of carbonyl (C=O) groups is 1. The highest BCUT2D eigenvalue weighted by Gasteiger charge is 2.35. The molecule has 1 aliphatic heterocycles. The van der Waals surface area contributed by atoms with Crippen LogP contribution in [0.2, 0.25) is 0 Å². The molecule has 7 heteroatoms. The van der Waals surface area contributed by atoms with Crippen molar-refractivity contribution in [2.75, 3.05) is 11.5 Å². The molecule has 2 fully saturated rings. The second-order valence-electron chi connectivity index (χ2n) is 7.06. The highest BCUT2D eigenvalue weighted by molar-refractivity contribution is 7.91. The summed E-state index contributed by atoms with van der Waals surface area (Å²) in [5.41, 5.74) is -0.509. The second-order valence-corrected chi connectivity index (χ2v) is 9.29. The number of rotatable bonds is 3. The van der Waals surface area contributed by atoms with Crippen LogP contribution >= 0.6 is 0 Å². The Labute approximate surface area is 126 Å². The van der Waals surface area contributed by atoms with Gasteiger partial charge in [-0.05, 0) is 46.5 Å². The van der Waals surface area contributed by atoms with Gasteiger partial charge in [-0.15, -0.1) is 0 Å². The summed E-state index contributed by atoms with van der Waals surface area (Å²) in [6, 6.07) is 0.167. The fraction of sp³-hybridized carbons (Fsp3) is 0.929. The van der Waals surface area contributed by atoms with Crippen LogP contribution < -0.4 is 10.6 Å². The molecular formula is C14H26N2O4S. The van der Waals surface area contributed by atoms with Crippen LogP contribution in [0.5, 0.6) is 0 Å². The van der Waals surface area contributed by atoms with Crippen molar-refractivity contribution in [1.82, 2.24) is 10.6 Å². The summed E-state index contributed by atoms with van der Waals surface area (Å²) in [6.07, 6.45) is 3.14. The summed E-state index contributed by atoms with van der Waals surface area (Å²) in [6.45, 7) is 5.50. The normalized spacial score (nSPS) is 32.0. The zero-order valence-electron chi connectivity index (χ0n) is 13.0. The largest absolute Gasteiger partial charge is 0.444 e. The van der Waals surface area contributed by atoms with E-state index in [9.17, 15) is 13.2 Å². The topological polar surface area (TPSA) is 84.5 Å². The van der Waals surface area contributed by atoms with Crippen molar-refractivity contribution in [2.24, 2.45) is 0 Å². The Bertz CT molecular complexity index is 484. The molecule has 1 saturated heterocycles. The van der Waals surface area contributed by atoms with E-state index >= 15 is 0 Å². The molecule has 1 saturated carbocycles. The third kappa shape index (κ3) is 5.14. The minimum atomic E-state index is -2.88. The molecule has 2 aliphatic rings. The molecule has 0 aromatic heterocycles. The fourth-order valence-corrected chi connectivity index (χ4v) is 4.71. The molecule has 21 heavy (non-hydrogen) atoms. The van der Waals surface area contributed by atoms with Crippen molar-refractivity contribution in [1.29, 1.82) is 0 Å². The molecule has 3 unspecified atom stereocenters. The molecular weight excluding hydrogens is 292 g/mol. The quantitative estimate of drug-likeness (QED) is 0.817. The molecule has 1 heterocycles. The number of hydrogen-bond acceptors (Lipinski definition) is 5. The molecule has 0 spiro atoms. The minimum absolute atomic E-state index is 0.0148. The molecule has 0 aromatic rings. The lowest BCUT2D eigenvalue weighted by atomic mass is 10.1. The van der Waals surface area contributed by atoms with Gasteiger partial charge < -0.3 is 15.4 Å². The molecule has 3 atom stereocenters. The van der Waals surface area contributed by atoms with Gasteiger partial charge in [0.2, 0.25) is 0 Å². The summed E-state index contributed by atoms with van der Waals surface area (Å²) in [4.78, 5) is 11.8. The average molecular weight is 318 g/mol. The molecule has 6 nitrogen and oxygen atoms in total. The van der Waals surface area contributed by atoms with E-state index in [1.54, 1.807) is 0 Å². The molecule has 0 aromatic carbocycles. The van der Waals surface area contributed by atoms with Gasteiger partial charge in [-0.1, -0.05) is 0 Å². The molecule has 2 N–H and O–H groups in total. The van der Waals surface area contributed by atoms with E-state index in [-0.39, 0.29) is 29.6 Å². The van der Waals surface area contributed by atoms with Crippen LogP contribution in [0.4, 0.5) is 4.79 Å². The Morgan fingerprint density at radius 1 is 1.14 bits per heavy atom. The van der Waals surface area contributed by atoms with Crippen LogP contribution in [0.15, 0.2) is 0 Å². The number of ether oxygens (including phenoxy) is 1. The maximum atomic E-state index is 11.8. The predicted octanol–water partition coefficient (Wildman–Crippen LogP) is 1.21. The first-order chi connectivity index (χ1) is 9.65. The monoisotopic (exact) mass is 318 g/mol. The number of hydrogen-bond donors (Lipinski definition) is 2. The van der Waals surface area contributed by atoms with Gasteiger partial charge in [0.1, 0.15) is 5.60 Å². The molecule has 122 valence electrons. The second kappa shape index (κ2) is 6.12. The number of carbonyl (C=O) groups excluding carboxylic acids is 1. The standard InChI is InChI=1S/C14H26N2O4S/c1-14(2,3)20-13(17)16-12-6-4-5-11(12)15-10-7-8-21(18,19)9-10/h10-12,15H,4-9H2,1-3H3,(H,16,17). The number of nitrogens with one attached hydrogen (secondary N) is 2. The van der Waals surface area contributed by atoms with Crippen molar-refractivity contribution in [2.45, 2.75) is 70.2 Å². The van der Waals surface area contributed by atoms with Gasteiger partial charge in [0.15, 0.2) is 9.84 Å². The summed E-state index contributed by atoms with van der Waals surface area (Å²) in [5.74, 6) is 0.476. The third-order valence-electron chi connectivity index (χ3n) is 3.90. The van der Waals surface area contributed by atoms with Crippen LogP contribution in [0.3, 0.4) is 0 Å². The zero-order valence-corrected chi connectivity index (χ0v) is 13.8. The number of sulfone groups is 1. The number of alkyl carbamates (subject to hydrolysis) is 1. The third-order valence-corrected chi connectivity index (χ3v) is 5.67. The van der Waals surface area contributed by atoms with Gasteiger partial charge in [0.25, 0.3) is 0 Å². The molecule has 0 bridgehead atoms. The Morgan fingerprint density at radius 2 is 1.81 bits per heavy atom. The van der Waals surface area contributed by atoms with E-state index in [1.165, 1.54) is 0 Å². The number of amides is 1. The van der Waals surface area contributed by atoms with Crippen molar-refractivity contribution >= 4 is 15.9 Å². The van der Waals surface area contributed by atoms with Gasteiger partial charge in [0.05, 0.1) is 11.5 Å². The fourth-order valence-electron chi connectivity index (χ4n) is 3.02. The van der Waals surface area contributed by atoms with E-state index in [0.29, 0.717) is 6.42 Å². The van der Waals surface area contributed by atoms with Gasteiger partial charge >= 0.3 is 6.09 Å². The van der Waals surface area contributed by atoms with Crippen molar-refractivity contribution < 1.29 is 17.9 Å². The average Bonchev–Trinajstić information content (AvgIpc) is 2.84. The Balaban J connectivity index is 1.85. The summed E-state index contributed by atoms with van der Waals surface area (Å²) in [5, 5.41) is 6.31. The Hall–Kier alpha value is -0.820. The zero-order chi connectivity index (χ0) is 15.7. The Kier molecular flexibility index (Phi) is 4.82. The maximum Gasteiger partial charge on any atom is 0.407 e. The first kappa shape index (κ1) is 16.5. The predicted molar refractivity (Wildman–Crippen MR) is 81.0 cm³/mol.